The molecule has 0 unspecified atom stereocenters. The topological polar surface area (TPSA) is 80.6 Å². The van der Waals surface area contributed by atoms with Gasteiger partial charge in [0.15, 0.2) is 11.5 Å². The van der Waals surface area contributed by atoms with E-state index < -0.39 is 0 Å². The SMILES string of the molecule is CCn1c(=O)c(N2CCC(C(=O)N3CCOCC3)CC2)nc2cccnc21. The molecule has 2 aromatic rings. The molecule has 4 rings (SSSR count). The molecule has 144 valence electrons. The molecule has 0 radical (unpaired) electrons. The first kappa shape index (κ1) is 17.9. The first-order valence-corrected chi connectivity index (χ1v) is 9.66. The average molecular weight is 371 g/mol. The number of anilines is 1. The Morgan fingerprint density at radius 3 is 2.67 bits per heavy atom. The summed E-state index contributed by atoms with van der Waals surface area (Å²) in [5.74, 6) is 0.712. The molecule has 0 bridgehead atoms. The summed E-state index contributed by atoms with van der Waals surface area (Å²) in [6.07, 6.45) is 3.17. The van der Waals surface area contributed by atoms with Crippen LogP contribution in [0.15, 0.2) is 23.1 Å². The molecule has 0 aromatic carbocycles. The molecule has 27 heavy (non-hydrogen) atoms. The van der Waals surface area contributed by atoms with Crippen LogP contribution in [0.4, 0.5) is 5.82 Å². The van der Waals surface area contributed by atoms with Gasteiger partial charge >= 0.3 is 0 Å². The molecule has 0 aliphatic carbocycles. The number of nitrogens with zero attached hydrogens (tertiary/aromatic N) is 5. The molecule has 0 saturated carbocycles. The number of piperidine rings is 1. The average Bonchev–Trinajstić information content (AvgIpc) is 2.73. The van der Waals surface area contributed by atoms with E-state index in [9.17, 15) is 9.59 Å². The van der Waals surface area contributed by atoms with E-state index in [2.05, 4.69) is 9.97 Å². The van der Waals surface area contributed by atoms with Crippen LogP contribution >= 0.6 is 0 Å². The number of carbonyl (C=O) groups excluding carboxylic acids is 1. The van der Waals surface area contributed by atoms with Crippen molar-refractivity contribution >= 4 is 22.9 Å². The molecule has 8 heteroatoms. The fraction of sp³-hybridized carbons (Fsp3) is 0.579. The van der Waals surface area contributed by atoms with Crippen LogP contribution in [0, 0.1) is 5.92 Å². The first-order valence-electron chi connectivity index (χ1n) is 9.66. The van der Waals surface area contributed by atoms with Crippen LogP contribution < -0.4 is 10.5 Å². The highest BCUT2D eigenvalue weighted by molar-refractivity contribution is 5.79. The molecule has 2 saturated heterocycles. The summed E-state index contributed by atoms with van der Waals surface area (Å²) < 4.78 is 7.00. The Morgan fingerprint density at radius 2 is 1.96 bits per heavy atom. The minimum Gasteiger partial charge on any atom is -0.378 e. The van der Waals surface area contributed by atoms with Crippen LogP contribution in [0.5, 0.6) is 0 Å². The zero-order valence-corrected chi connectivity index (χ0v) is 15.6. The molecule has 0 spiro atoms. The zero-order chi connectivity index (χ0) is 18.8. The van der Waals surface area contributed by atoms with E-state index in [0.29, 0.717) is 57.4 Å². The molecular formula is C19H25N5O3. The Kier molecular flexibility index (Phi) is 5.07. The van der Waals surface area contributed by atoms with Gasteiger partial charge in [0.05, 0.1) is 13.2 Å². The van der Waals surface area contributed by atoms with Gasteiger partial charge in [-0.3, -0.25) is 14.2 Å². The third kappa shape index (κ3) is 3.41. The van der Waals surface area contributed by atoms with Gasteiger partial charge in [0.25, 0.3) is 5.56 Å². The van der Waals surface area contributed by atoms with E-state index in [1.54, 1.807) is 10.8 Å². The van der Waals surface area contributed by atoms with E-state index in [1.807, 2.05) is 28.9 Å². The number of pyridine rings is 1. The van der Waals surface area contributed by atoms with Crippen molar-refractivity contribution in [1.82, 2.24) is 19.4 Å². The second-order valence-corrected chi connectivity index (χ2v) is 7.03. The van der Waals surface area contributed by atoms with Crippen LogP contribution in [-0.4, -0.2) is 64.7 Å². The lowest BCUT2D eigenvalue weighted by atomic mass is 9.95. The van der Waals surface area contributed by atoms with E-state index in [1.165, 1.54) is 0 Å². The van der Waals surface area contributed by atoms with Crippen LogP contribution in [-0.2, 0) is 16.1 Å². The molecule has 1 amide bonds. The Hall–Kier alpha value is -2.48. The Bertz CT molecular complexity index is 883. The number of ether oxygens (including phenoxy) is 1. The Morgan fingerprint density at radius 1 is 1.22 bits per heavy atom. The van der Waals surface area contributed by atoms with Crippen LogP contribution in [0.2, 0.25) is 0 Å². The van der Waals surface area contributed by atoms with Gasteiger partial charge in [0, 0.05) is 44.8 Å². The van der Waals surface area contributed by atoms with Gasteiger partial charge in [-0.25, -0.2) is 9.97 Å². The first-order chi connectivity index (χ1) is 13.2. The minimum absolute atomic E-state index is 0.0230. The van der Waals surface area contributed by atoms with Gasteiger partial charge in [0.2, 0.25) is 5.91 Å². The predicted molar refractivity (Wildman–Crippen MR) is 102 cm³/mol. The monoisotopic (exact) mass is 371 g/mol. The standard InChI is InChI=1S/C19H25N5O3/c1-2-24-16-15(4-3-7-20-16)21-17(19(24)26)22-8-5-14(6-9-22)18(25)23-10-12-27-13-11-23/h3-4,7,14H,2,5-6,8-13H2,1H3. The van der Waals surface area contributed by atoms with Gasteiger partial charge in [-0.15, -0.1) is 0 Å². The Labute approximate surface area is 157 Å². The van der Waals surface area contributed by atoms with Crippen molar-refractivity contribution in [1.29, 1.82) is 0 Å². The number of aryl methyl sites for hydroxylation is 1. The summed E-state index contributed by atoms with van der Waals surface area (Å²) in [5, 5.41) is 0. The van der Waals surface area contributed by atoms with Crippen molar-refractivity contribution in [3.63, 3.8) is 0 Å². The summed E-state index contributed by atoms with van der Waals surface area (Å²) in [7, 11) is 0. The molecule has 2 aliphatic heterocycles. The predicted octanol–water partition coefficient (Wildman–Crippen LogP) is 0.887. The van der Waals surface area contributed by atoms with Crippen molar-refractivity contribution in [2.45, 2.75) is 26.3 Å². The third-order valence-corrected chi connectivity index (χ3v) is 5.47. The van der Waals surface area contributed by atoms with Gasteiger partial charge < -0.3 is 14.5 Å². The number of fused-ring (bicyclic) bond motifs is 1. The molecule has 4 heterocycles. The number of amides is 1. The largest absolute Gasteiger partial charge is 0.378 e. The van der Waals surface area contributed by atoms with Crippen LogP contribution in [0.1, 0.15) is 19.8 Å². The molecule has 8 nitrogen and oxygen atoms in total. The number of hydrogen-bond donors (Lipinski definition) is 0. The third-order valence-electron chi connectivity index (χ3n) is 5.47. The van der Waals surface area contributed by atoms with Crippen molar-refractivity contribution in [2.75, 3.05) is 44.3 Å². The number of rotatable bonds is 3. The highest BCUT2D eigenvalue weighted by atomic mass is 16.5. The smallest absolute Gasteiger partial charge is 0.295 e. The van der Waals surface area contributed by atoms with Crippen LogP contribution in [0.25, 0.3) is 11.2 Å². The number of morpholine rings is 1. The van der Waals surface area contributed by atoms with Gasteiger partial charge in [0.1, 0.15) is 5.52 Å². The van der Waals surface area contributed by atoms with E-state index in [-0.39, 0.29) is 17.4 Å². The quantitative estimate of drug-likeness (QED) is 0.797. The number of hydrogen-bond acceptors (Lipinski definition) is 6. The van der Waals surface area contributed by atoms with E-state index in [0.717, 1.165) is 18.4 Å². The minimum atomic E-state index is -0.110. The molecule has 2 aromatic heterocycles. The summed E-state index contributed by atoms with van der Waals surface area (Å²) in [6, 6.07) is 3.71. The molecule has 2 fully saturated rings. The lowest BCUT2D eigenvalue weighted by Crippen LogP contribution is -2.47. The zero-order valence-electron chi connectivity index (χ0n) is 15.6. The van der Waals surface area contributed by atoms with Gasteiger partial charge in [-0.1, -0.05) is 0 Å². The van der Waals surface area contributed by atoms with E-state index >= 15 is 0 Å². The molecule has 0 atom stereocenters. The fourth-order valence-corrected chi connectivity index (χ4v) is 3.94. The van der Waals surface area contributed by atoms with Gasteiger partial charge in [-0.2, -0.15) is 0 Å². The fourth-order valence-electron chi connectivity index (χ4n) is 3.94. The Balaban J connectivity index is 1.52. The second-order valence-electron chi connectivity index (χ2n) is 7.03. The number of carbonyl (C=O) groups is 1. The maximum atomic E-state index is 12.9. The highest BCUT2D eigenvalue weighted by Crippen LogP contribution is 2.23. The van der Waals surface area contributed by atoms with Crippen molar-refractivity contribution < 1.29 is 9.53 Å². The summed E-state index contributed by atoms with van der Waals surface area (Å²) in [4.78, 5) is 38.4. The van der Waals surface area contributed by atoms with Gasteiger partial charge in [-0.05, 0) is 31.9 Å². The van der Waals surface area contributed by atoms with Crippen molar-refractivity contribution in [3.05, 3.63) is 28.7 Å². The lowest BCUT2D eigenvalue weighted by Gasteiger charge is -2.35. The molecular weight excluding hydrogens is 346 g/mol. The summed E-state index contributed by atoms with van der Waals surface area (Å²) in [5.41, 5.74) is 1.23. The summed E-state index contributed by atoms with van der Waals surface area (Å²) >= 11 is 0. The highest BCUT2D eigenvalue weighted by Gasteiger charge is 2.30. The molecule has 2 aliphatic rings. The summed E-state index contributed by atoms with van der Waals surface area (Å²) in [6.45, 7) is 6.42. The number of aromatic nitrogens is 3. The molecule has 0 N–H and O–H groups in total. The van der Waals surface area contributed by atoms with Crippen molar-refractivity contribution in [3.8, 4) is 0 Å². The lowest BCUT2D eigenvalue weighted by molar-refractivity contribution is -0.140. The normalized spacial score (nSPS) is 18.9. The van der Waals surface area contributed by atoms with E-state index in [4.69, 9.17) is 4.74 Å². The maximum Gasteiger partial charge on any atom is 0.295 e. The maximum absolute atomic E-state index is 12.9. The van der Waals surface area contributed by atoms with Crippen LogP contribution in [0.3, 0.4) is 0 Å². The van der Waals surface area contributed by atoms with Crippen molar-refractivity contribution in [2.24, 2.45) is 5.92 Å². The second kappa shape index (κ2) is 7.64.